The lowest BCUT2D eigenvalue weighted by Crippen LogP contribution is -2.35. The van der Waals surface area contributed by atoms with E-state index in [9.17, 15) is 9.59 Å². The second-order valence-electron chi connectivity index (χ2n) is 7.82. The molecule has 7 nitrogen and oxygen atoms in total. The summed E-state index contributed by atoms with van der Waals surface area (Å²) in [6, 6.07) is 11.8. The monoisotopic (exact) mass is 446 g/mol. The van der Waals surface area contributed by atoms with E-state index < -0.39 is 5.91 Å². The number of allylic oxidation sites excluding steroid dienone is 2. The summed E-state index contributed by atoms with van der Waals surface area (Å²) in [4.78, 5) is 27.7. The fourth-order valence-electron chi connectivity index (χ4n) is 3.68. The summed E-state index contributed by atoms with van der Waals surface area (Å²) in [5.74, 6) is 0.225. The minimum Gasteiger partial charge on any atom is -0.497 e. The summed E-state index contributed by atoms with van der Waals surface area (Å²) in [5.41, 5.74) is 2.27. The number of piperidine rings is 1. The molecule has 1 aliphatic heterocycles. The van der Waals surface area contributed by atoms with Crippen LogP contribution in [0.15, 0.2) is 66.9 Å². The van der Waals surface area contributed by atoms with E-state index in [4.69, 9.17) is 10.1 Å². The first-order valence-corrected chi connectivity index (χ1v) is 11.0. The number of benzene rings is 2. The number of carbonyl (C=O) groups is 2. The van der Waals surface area contributed by atoms with Crippen molar-refractivity contribution >= 4 is 23.3 Å². The van der Waals surface area contributed by atoms with Crippen molar-refractivity contribution in [2.75, 3.05) is 25.5 Å². The highest BCUT2D eigenvalue weighted by atomic mass is 16.5. The van der Waals surface area contributed by atoms with Crippen LogP contribution in [0.5, 0.6) is 5.75 Å². The van der Waals surface area contributed by atoms with Gasteiger partial charge >= 0.3 is 0 Å². The van der Waals surface area contributed by atoms with Gasteiger partial charge in [0.05, 0.1) is 18.4 Å². The number of rotatable bonds is 7. The largest absolute Gasteiger partial charge is 0.497 e. The van der Waals surface area contributed by atoms with Crippen molar-refractivity contribution in [2.45, 2.75) is 26.2 Å². The summed E-state index contributed by atoms with van der Waals surface area (Å²) in [7, 11) is 1.51. The van der Waals surface area contributed by atoms with Crippen molar-refractivity contribution in [3.63, 3.8) is 0 Å². The Bertz CT molecular complexity index is 1070. The SMILES string of the molecule is C=C(/C=C\C)NC(=O)c1cc(OC)ccc1NC(=O)c1ccc(C(=N)N2CCCCC2)cc1. The summed E-state index contributed by atoms with van der Waals surface area (Å²) in [6.07, 6.45) is 6.86. The lowest BCUT2D eigenvalue weighted by molar-refractivity contribution is 0.0968. The van der Waals surface area contributed by atoms with E-state index in [1.54, 1.807) is 54.6 Å². The number of ether oxygens (including phenoxy) is 1. The van der Waals surface area contributed by atoms with Gasteiger partial charge in [-0.2, -0.15) is 0 Å². The topological polar surface area (TPSA) is 94.5 Å². The molecule has 2 amide bonds. The molecule has 33 heavy (non-hydrogen) atoms. The fraction of sp³-hybridized carbons (Fsp3) is 0.269. The lowest BCUT2D eigenvalue weighted by Gasteiger charge is -2.29. The minimum atomic E-state index is -0.405. The summed E-state index contributed by atoms with van der Waals surface area (Å²) < 4.78 is 5.23. The highest BCUT2D eigenvalue weighted by Crippen LogP contribution is 2.23. The molecular weight excluding hydrogens is 416 g/mol. The van der Waals surface area contributed by atoms with Crippen molar-refractivity contribution in [3.8, 4) is 5.75 Å². The first-order chi connectivity index (χ1) is 15.9. The maximum absolute atomic E-state index is 12.9. The number of likely N-dealkylation sites (tertiary alicyclic amines) is 1. The Hall–Kier alpha value is -3.87. The molecule has 1 heterocycles. The van der Waals surface area contributed by atoms with E-state index in [0.29, 0.717) is 28.5 Å². The van der Waals surface area contributed by atoms with E-state index in [0.717, 1.165) is 31.5 Å². The maximum Gasteiger partial charge on any atom is 0.257 e. The number of nitrogens with one attached hydrogen (secondary N) is 3. The first-order valence-electron chi connectivity index (χ1n) is 11.0. The van der Waals surface area contributed by atoms with E-state index in [1.165, 1.54) is 13.5 Å². The molecule has 7 heteroatoms. The van der Waals surface area contributed by atoms with Gasteiger partial charge in [-0.15, -0.1) is 0 Å². The summed E-state index contributed by atoms with van der Waals surface area (Å²) >= 11 is 0. The van der Waals surface area contributed by atoms with E-state index in [2.05, 4.69) is 22.1 Å². The number of hydrogen-bond donors (Lipinski definition) is 3. The molecule has 1 fully saturated rings. The number of nitrogens with zero attached hydrogens (tertiary/aromatic N) is 1. The molecule has 0 spiro atoms. The van der Waals surface area contributed by atoms with Gasteiger partial charge in [0.25, 0.3) is 11.8 Å². The zero-order valence-corrected chi connectivity index (χ0v) is 19.1. The first kappa shape index (κ1) is 23.8. The molecule has 0 bridgehead atoms. The molecule has 2 aromatic rings. The van der Waals surface area contributed by atoms with Gasteiger partial charge in [0, 0.05) is 29.9 Å². The highest BCUT2D eigenvalue weighted by Gasteiger charge is 2.18. The number of carbonyl (C=O) groups excluding carboxylic acids is 2. The minimum absolute atomic E-state index is 0.261. The predicted octanol–water partition coefficient (Wildman–Crippen LogP) is 4.58. The van der Waals surface area contributed by atoms with Crippen molar-refractivity contribution in [1.82, 2.24) is 10.2 Å². The molecule has 1 aliphatic rings. The molecule has 172 valence electrons. The third-order valence-electron chi connectivity index (χ3n) is 5.45. The van der Waals surface area contributed by atoms with Crippen LogP contribution < -0.4 is 15.4 Å². The van der Waals surface area contributed by atoms with Gasteiger partial charge in [0.2, 0.25) is 0 Å². The third kappa shape index (κ3) is 6.10. The molecule has 2 aromatic carbocycles. The van der Waals surface area contributed by atoms with Crippen LogP contribution in [0.3, 0.4) is 0 Å². The van der Waals surface area contributed by atoms with E-state index in [-0.39, 0.29) is 11.5 Å². The Morgan fingerprint density at radius 3 is 2.33 bits per heavy atom. The molecule has 0 aliphatic carbocycles. The zero-order valence-electron chi connectivity index (χ0n) is 19.1. The maximum atomic E-state index is 12.9. The summed E-state index contributed by atoms with van der Waals surface area (Å²) in [5, 5.41) is 13.9. The quantitative estimate of drug-likeness (QED) is 0.330. The van der Waals surface area contributed by atoms with Crippen LogP contribution in [-0.2, 0) is 0 Å². The van der Waals surface area contributed by atoms with Gasteiger partial charge in [-0.25, -0.2) is 0 Å². The van der Waals surface area contributed by atoms with Gasteiger partial charge in [-0.1, -0.05) is 24.8 Å². The molecule has 0 saturated carbocycles. The number of amides is 2. The zero-order chi connectivity index (χ0) is 23.8. The second-order valence-corrected chi connectivity index (χ2v) is 7.82. The average molecular weight is 447 g/mol. The molecule has 3 rings (SSSR count). The van der Waals surface area contributed by atoms with Gasteiger partial charge in [0.1, 0.15) is 11.6 Å². The number of hydrogen-bond acceptors (Lipinski definition) is 4. The third-order valence-corrected chi connectivity index (χ3v) is 5.45. The van der Waals surface area contributed by atoms with Gasteiger partial charge in [-0.05, 0) is 62.6 Å². The van der Waals surface area contributed by atoms with Crippen LogP contribution >= 0.6 is 0 Å². The van der Waals surface area contributed by atoms with Crippen LogP contribution in [0.25, 0.3) is 0 Å². The second kappa shape index (κ2) is 11.1. The van der Waals surface area contributed by atoms with Gasteiger partial charge < -0.3 is 20.3 Å². The van der Waals surface area contributed by atoms with Gasteiger partial charge in [0.15, 0.2) is 0 Å². The van der Waals surface area contributed by atoms with Crippen LogP contribution in [-0.4, -0.2) is 42.7 Å². The average Bonchev–Trinajstić information content (AvgIpc) is 2.84. The molecule has 0 atom stereocenters. The molecular formula is C26H30N4O3. The van der Waals surface area contributed by atoms with Crippen molar-refractivity contribution in [2.24, 2.45) is 0 Å². The number of methoxy groups -OCH3 is 1. The Labute approximate surface area is 194 Å². The van der Waals surface area contributed by atoms with Crippen LogP contribution in [0.1, 0.15) is 52.5 Å². The van der Waals surface area contributed by atoms with Crippen molar-refractivity contribution < 1.29 is 14.3 Å². The Kier molecular flexibility index (Phi) is 8.02. The molecule has 0 unspecified atom stereocenters. The predicted molar refractivity (Wildman–Crippen MR) is 131 cm³/mol. The smallest absolute Gasteiger partial charge is 0.257 e. The van der Waals surface area contributed by atoms with Crippen LogP contribution in [0, 0.1) is 5.41 Å². The fourth-order valence-corrected chi connectivity index (χ4v) is 3.68. The van der Waals surface area contributed by atoms with Crippen molar-refractivity contribution in [3.05, 3.63) is 83.6 Å². The molecule has 1 saturated heterocycles. The van der Waals surface area contributed by atoms with E-state index in [1.807, 2.05) is 6.92 Å². The van der Waals surface area contributed by atoms with E-state index >= 15 is 0 Å². The Balaban J connectivity index is 1.75. The Morgan fingerprint density at radius 1 is 1.03 bits per heavy atom. The number of anilines is 1. The normalized spacial score (nSPS) is 13.5. The van der Waals surface area contributed by atoms with Crippen molar-refractivity contribution in [1.29, 1.82) is 5.41 Å². The van der Waals surface area contributed by atoms with Gasteiger partial charge in [-0.3, -0.25) is 15.0 Å². The molecule has 0 radical (unpaired) electrons. The molecule has 0 aromatic heterocycles. The lowest BCUT2D eigenvalue weighted by atomic mass is 10.1. The summed E-state index contributed by atoms with van der Waals surface area (Å²) in [6.45, 7) is 7.40. The van der Waals surface area contributed by atoms with Crippen LogP contribution in [0.2, 0.25) is 0 Å². The van der Waals surface area contributed by atoms with Crippen LogP contribution in [0.4, 0.5) is 5.69 Å². The standard InChI is InChI=1S/C26H30N4O3/c1-4-8-18(2)28-26(32)22-17-21(33-3)13-14-23(22)29-25(31)20-11-9-19(10-12-20)24(27)30-15-6-5-7-16-30/h4,8-14,17,27H,2,5-7,15-16H2,1,3H3,(H,28,32)(H,29,31)/b8-4-,27-24?. The highest BCUT2D eigenvalue weighted by molar-refractivity contribution is 6.10. The Morgan fingerprint density at radius 2 is 1.70 bits per heavy atom. The number of amidine groups is 1. The molecule has 3 N–H and O–H groups in total.